The number of nitrogens with one attached hydrogen (secondary N) is 1. The molecule has 0 radical (unpaired) electrons. The fourth-order valence-corrected chi connectivity index (χ4v) is 3.08. The highest BCUT2D eigenvalue weighted by Gasteiger charge is 2.41. The van der Waals surface area contributed by atoms with E-state index in [2.05, 4.69) is 10.3 Å². The van der Waals surface area contributed by atoms with Crippen molar-refractivity contribution in [2.75, 3.05) is 18.5 Å². The number of aromatic nitrogens is 1. The largest absolute Gasteiger partial charge is 0.465 e. The molecule has 0 spiro atoms. The highest BCUT2D eigenvalue weighted by Crippen LogP contribution is 2.39. The Hall–Kier alpha value is -1.38. The van der Waals surface area contributed by atoms with Crippen LogP contribution in [-0.2, 0) is 16.0 Å². The highest BCUT2D eigenvalue weighted by molar-refractivity contribution is 7.15. The number of nitrogens with zero attached hydrogens (tertiary/aromatic N) is 1. The summed E-state index contributed by atoms with van der Waals surface area (Å²) in [5.41, 5.74) is 0.501. The summed E-state index contributed by atoms with van der Waals surface area (Å²) >= 11 is 1.11. The number of ether oxygens (including phenoxy) is 1. The maximum Gasteiger partial charge on any atom is 0.324 e. The van der Waals surface area contributed by atoms with Gasteiger partial charge in [-0.05, 0) is 19.8 Å². The van der Waals surface area contributed by atoms with Crippen LogP contribution < -0.4 is 5.32 Å². The van der Waals surface area contributed by atoms with Gasteiger partial charge in [0.05, 0.1) is 18.8 Å². The van der Waals surface area contributed by atoms with Crippen LogP contribution in [0.4, 0.5) is 22.7 Å². The van der Waals surface area contributed by atoms with Crippen LogP contribution in [0.1, 0.15) is 29.8 Å². The lowest BCUT2D eigenvalue weighted by atomic mass is 10.1. The molecule has 0 bridgehead atoms. The lowest BCUT2D eigenvalue weighted by Gasteiger charge is -2.15. The molecule has 4 nitrogen and oxygen atoms in total. The van der Waals surface area contributed by atoms with Crippen LogP contribution in [-0.4, -0.2) is 36.5 Å². The fraction of sp³-hybridized carbons (Fsp3) is 0.667. The van der Waals surface area contributed by atoms with Crippen molar-refractivity contribution in [2.45, 2.75) is 38.0 Å². The number of thiazole rings is 1. The quantitative estimate of drug-likeness (QED) is 0.645. The van der Waals surface area contributed by atoms with Crippen LogP contribution in [0.15, 0.2) is 0 Å². The van der Waals surface area contributed by atoms with Crippen LogP contribution in [0.25, 0.3) is 0 Å². The van der Waals surface area contributed by atoms with Gasteiger partial charge in [-0.2, -0.15) is 8.78 Å². The second-order valence-electron chi connectivity index (χ2n) is 4.59. The minimum Gasteiger partial charge on any atom is -0.465 e. The van der Waals surface area contributed by atoms with Crippen molar-refractivity contribution >= 4 is 22.4 Å². The number of rotatable bonds is 6. The van der Waals surface area contributed by atoms with E-state index in [0.717, 1.165) is 16.2 Å². The molecule has 1 aliphatic rings. The average molecular weight is 326 g/mol. The molecule has 0 saturated heterocycles. The second-order valence-corrected chi connectivity index (χ2v) is 5.67. The van der Waals surface area contributed by atoms with E-state index in [1.54, 1.807) is 6.92 Å². The fourth-order valence-electron chi connectivity index (χ4n) is 2.05. The number of aryl methyl sites for hydroxylation is 1. The Balaban J connectivity index is 2.03. The van der Waals surface area contributed by atoms with E-state index in [4.69, 9.17) is 4.74 Å². The van der Waals surface area contributed by atoms with Crippen molar-refractivity contribution in [3.05, 3.63) is 10.6 Å². The van der Waals surface area contributed by atoms with Crippen molar-refractivity contribution in [2.24, 2.45) is 0 Å². The third kappa shape index (κ3) is 3.45. The normalized spacial score (nSPS) is 17.9. The van der Waals surface area contributed by atoms with E-state index in [1.165, 1.54) is 0 Å². The van der Waals surface area contributed by atoms with Crippen molar-refractivity contribution in [1.82, 2.24) is 4.98 Å². The van der Waals surface area contributed by atoms with Crippen LogP contribution in [0.5, 0.6) is 0 Å². The highest BCUT2D eigenvalue weighted by atomic mass is 32.1. The number of alkyl halides is 4. The molecule has 0 aliphatic heterocycles. The molecule has 118 valence electrons. The Labute approximate surface area is 122 Å². The minimum atomic E-state index is -4.11. The zero-order chi connectivity index (χ0) is 15.6. The van der Waals surface area contributed by atoms with Crippen LogP contribution >= 0.6 is 11.3 Å². The first-order valence-electron chi connectivity index (χ1n) is 6.41. The summed E-state index contributed by atoms with van der Waals surface area (Å²) in [4.78, 5) is 16.6. The van der Waals surface area contributed by atoms with E-state index < -0.39 is 30.8 Å². The number of esters is 1. The average Bonchev–Trinajstić information content (AvgIpc) is 2.95. The number of anilines is 1. The maximum absolute atomic E-state index is 12.8. The minimum absolute atomic E-state index is 0.120. The van der Waals surface area contributed by atoms with E-state index in [1.807, 2.05) is 0 Å². The molecule has 1 N–H and O–H groups in total. The van der Waals surface area contributed by atoms with Crippen molar-refractivity contribution in [1.29, 1.82) is 0 Å². The predicted molar refractivity (Wildman–Crippen MR) is 69.2 cm³/mol. The topological polar surface area (TPSA) is 51.2 Å². The SMILES string of the molecule is CCOC(=O)C1CCc2sc(NCC(F)(F)C(F)F)nc21. The molecule has 1 heterocycles. The molecule has 0 aromatic carbocycles. The number of carbonyl (C=O) groups excluding carboxylic acids is 1. The van der Waals surface area contributed by atoms with E-state index in [-0.39, 0.29) is 11.7 Å². The van der Waals surface area contributed by atoms with Gasteiger partial charge in [-0.3, -0.25) is 4.79 Å². The molecule has 1 aliphatic carbocycles. The van der Waals surface area contributed by atoms with Crippen molar-refractivity contribution in [3.8, 4) is 0 Å². The predicted octanol–water partition coefficient (Wildman–Crippen LogP) is 3.05. The Morgan fingerprint density at radius 3 is 2.90 bits per heavy atom. The van der Waals surface area contributed by atoms with Gasteiger partial charge in [0.15, 0.2) is 5.13 Å². The molecule has 1 atom stereocenters. The summed E-state index contributed by atoms with van der Waals surface area (Å²) in [5, 5.41) is 2.33. The van der Waals surface area contributed by atoms with Crippen LogP contribution in [0.2, 0.25) is 0 Å². The summed E-state index contributed by atoms with van der Waals surface area (Å²) in [6.45, 7) is 0.746. The van der Waals surface area contributed by atoms with Gasteiger partial charge in [-0.25, -0.2) is 13.8 Å². The van der Waals surface area contributed by atoms with E-state index in [9.17, 15) is 22.4 Å². The van der Waals surface area contributed by atoms with Gasteiger partial charge >= 0.3 is 18.3 Å². The Morgan fingerprint density at radius 1 is 1.57 bits per heavy atom. The summed E-state index contributed by atoms with van der Waals surface area (Å²) in [7, 11) is 0. The number of hydrogen-bond donors (Lipinski definition) is 1. The molecule has 0 saturated carbocycles. The van der Waals surface area contributed by atoms with E-state index in [0.29, 0.717) is 18.5 Å². The smallest absolute Gasteiger partial charge is 0.324 e. The first kappa shape index (κ1) is 16.0. The molecule has 0 amide bonds. The number of carbonyl (C=O) groups is 1. The van der Waals surface area contributed by atoms with Gasteiger partial charge in [0, 0.05) is 4.88 Å². The first-order valence-corrected chi connectivity index (χ1v) is 7.23. The first-order chi connectivity index (χ1) is 9.85. The van der Waals surface area contributed by atoms with Gasteiger partial charge < -0.3 is 10.1 Å². The molecule has 9 heteroatoms. The van der Waals surface area contributed by atoms with Gasteiger partial charge in [-0.15, -0.1) is 11.3 Å². The molecule has 1 aromatic heterocycles. The van der Waals surface area contributed by atoms with Crippen LogP contribution in [0, 0.1) is 0 Å². The standard InChI is InChI=1S/C12H14F4N2O2S/c1-2-20-9(19)6-3-4-7-8(6)18-11(21-7)17-5-12(15,16)10(13)14/h6,10H,2-5H2,1H3,(H,17,18). The molecule has 2 rings (SSSR count). The number of hydrogen-bond acceptors (Lipinski definition) is 5. The monoisotopic (exact) mass is 326 g/mol. The van der Waals surface area contributed by atoms with Gasteiger partial charge in [0.2, 0.25) is 0 Å². The van der Waals surface area contributed by atoms with Crippen molar-refractivity contribution in [3.63, 3.8) is 0 Å². The summed E-state index contributed by atoms with van der Waals surface area (Å²) in [6.07, 6.45) is -2.56. The summed E-state index contributed by atoms with van der Waals surface area (Å²) in [5.74, 6) is -5.01. The number of halogens is 4. The molecule has 1 aromatic rings. The Kier molecular flexibility index (Phi) is 4.70. The lowest BCUT2D eigenvalue weighted by molar-refractivity contribution is -0.145. The zero-order valence-electron chi connectivity index (χ0n) is 11.2. The zero-order valence-corrected chi connectivity index (χ0v) is 12.0. The lowest BCUT2D eigenvalue weighted by Crippen LogP contribution is -2.34. The van der Waals surface area contributed by atoms with Gasteiger partial charge in [0.25, 0.3) is 0 Å². The summed E-state index contributed by atoms with van der Waals surface area (Å²) < 4.78 is 54.7. The Morgan fingerprint density at radius 2 is 2.29 bits per heavy atom. The van der Waals surface area contributed by atoms with Gasteiger partial charge in [-0.1, -0.05) is 0 Å². The molecule has 1 unspecified atom stereocenters. The molecule has 21 heavy (non-hydrogen) atoms. The van der Waals surface area contributed by atoms with Gasteiger partial charge in [0.1, 0.15) is 5.92 Å². The second kappa shape index (κ2) is 6.17. The number of fused-ring (bicyclic) bond motifs is 1. The van der Waals surface area contributed by atoms with Crippen LogP contribution in [0.3, 0.4) is 0 Å². The maximum atomic E-state index is 12.8. The molecular weight excluding hydrogens is 312 g/mol. The van der Waals surface area contributed by atoms with E-state index >= 15 is 0 Å². The molecular formula is C12H14F4N2O2S. The third-order valence-electron chi connectivity index (χ3n) is 3.08. The molecule has 0 fully saturated rings. The Bertz CT molecular complexity index is 521. The third-order valence-corrected chi connectivity index (χ3v) is 4.17. The van der Waals surface area contributed by atoms with Crippen molar-refractivity contribution < 1.29 is 27.1 Å². The summed E-state index contributed by atoms with van der Waals surface area (Å²) in [6, 6.07) is 0.